The van der Waals surface area contributed by atoms with Crippen LogP contribution in [-0.2, 0) is 0 Å². The van der Waals surface area contributed by atoms with E-state index in [0.29, 0.717) is 17.9 Å². The molecule has 0 heterocycles. The lowest BCUT2D eigenvalue weighted by molar-refractivity contribution is 0.0105. The van der Waals surface area contributed by atoms with E-state index >= 15 is 0 Å². The highest BCUT2D eigenvalue weighted by Crippen LogP contribution is 2.61. The molecule has 2 aliphatic carbocycles. The molecule has 0 bridgehead atoms. The summed E-state index contributed by atoms with van der Waals surface area (Å²) in [6.45, 7) is 27.6. The van der Waals surface area contributed by atoms with Crippen LogP contribution in [0, 0.1) is 32.5 Å². The Bertz CT molecular complexity index is 720. The Balaban J connectivity index is 2.50. The van der Waals surface area contributed by atoms with Crippen LogP contribution in [0.4, 0.5) is 0 Å². The fourth-order valence-corrected chi connectivity index (χ4v) is 6.52. The Kier molecular flexibility index (Phi) is 6.30. The van der Waals surface area contributed by atoms with Crippen LogP contribution in [0.25, 0.3) is 0 Å². The lowest BCUT2D eigenvalue weighted by Gasteiger charge is -2.55. The summed E-state index contributed by atoms with van der Waals surface area (Å²) in [6.07, 6.45) is 10.5. The molecule has 0 spiro atoms. The lowest BCUT2D eigenvalue weighted by atomic mass is 9.49. The van der Waals surface area contributed by atoms with E-state index in [1.165, 1.54) is 0 Å². The third-order valence-corrected chi connectivity index (χ3v) is 8.54. The summed E-state index contributed by atoms with van der Waals surface area (Å²) in [5.74, 6) is 0.743. The van der Waals surface area contributed by atoms with Crippen molar-refractivity contribution in [2.75, 3.05) is 0 Å². The first-order valence-corrected chi connectivity index (χ1v) is 11.9. The summed E-state index contributed by atoms with van der Waals surface area (Å²) in [4.78, 5) is 0. The van der Waals surface area contributed by atoms with E-state index in [1.807, 2.05) is 12.2 Å². The fraction of sp³-hybridized carbons (Fsp3) is 0.724. The van der Waals surface area contributed by atoms with Crippen molar-refractivity contribution in [2.45, 2.75) is 102 Å². The molecule has 2 N–H and O–H groups in total. The molecule has 2 aliphatic rings. The third-order valence-electron chi connectivity index (χ3n) is 8.54. The number of aliphatic hydroxyl groups excluding tert-OH is 2. The third kappa shape index (κ3) is 4.29. The van der Waals surface area contributed by atoms with Crippen LogP contribution in [0.2, 0.25) is 0 Å². The van der Waals surface area contributed by atoms with Gasteiger partial charge in [0.2, 0.25) is 0 Å². The van der Waals surface area contributed by atoms with Crippen LogP contribution in [0.5, 0.6) is 0 Å². The van der Waals surface area contributed by atoms with Gasteiger partial charge in [-0.15, -0.1) is 0 Å². The summed E-state index contributed by atoms with van der Waals surface area (Å²) >= 11 is 0. The second-order valence-corrected chi connectivity index (χ2v) is 14.1. The van der Waals surface area contributed by atoms with Crippen LogP contribution in [0.3, 0.4) is 0 Å². The van der Waals surface area contributed by atoms with E-state index < -0.39 is 0 Å². The molecular weight excluding hydrogens is 380 g/mol. The van der Waals surface area contributed by atoms with E-state index in [4.69, 9.17) is 0 Å². The van der Waals surface area contributed by atoms with Crippen molar-refractivity contribution < 1.29 is 10.2 Å². The molecule has 0 saturated carbocycles. The molecule has 176 valence electrons. The van der Waals surface area contributed by atoms with Gasteiger partial charge in [-0.1, -0.05) is 95.2 Å². The van der Waals surface area contributed by atoms with Gasteiger partial charge in [0, 0.05) is 10.8 Å². The zero-order chi connectivity index (χ0) is 24.3. The molecule has 0 saturated heterocycles. The number of rotatable bonds is 2. The first-order valence-electron chi connectivity index (χ1n) is 11.9. The molecule has 2 heteroatoms. The molecule has 0 amide bonds. The number of hydrogen-bond acceptors (Lipinski definition) is 2. The van der Waals surface area contributed by atoms with Gasteiger partial charge in [0.25, 0.3) is 0 Å². The van der Waals surface area contributed by atoms with Crippen molar-refractivity contribution in [3.05, 3.63) is 47.0 Å². The van der Waals surface area contributed by atoms with E-state index in [9.17, 15) is 10.2 Å². The van der Waals surface area contributed by atoms with Gasteiger partial charge in [0.1, 0.15) is 11.5 Å². The molecule has 2 rings (SSSR count). The Hall–Kier alpha value is -1.44. The normalized spacial score (nSPS) is 22.3. The van der Waals surface area contributed by atoms with Crippen molar-refractivity contribution in [3.8, 4) is 0 Å². The molecule has 0 aromatic rings. The smallest absolute Gasteiger partial charge is 0.114 e. The first kappa shape index (κ1) is 25.8. The van der Waals surface area contributed by atoms with E-state index in [1.54, 1.807) is 0 Å². The highest BCUT2D eigenvalue weighted by Gasteiger charge is 2.52. The second kappa shape index (κ2) is 7.56. The molecule has 0 radical (unpaired) electrons. The minimum absolute atomic E-state index is 0.0389. The standard InChI is InChI=1S/C29H48O2/c1-24(2,3)28(25(4,5)6)15-13-22(30)20(18-28)17-21-19-29(26(7,8)9,27(10,11)12)16-14-23(21)31/h13-16,30-31H,17-19H2,1-12H3. The molecule has 0 aliphatic heterocycles. The molecule has 0 atom stereocenters. The predicted octanol–water partition coefficient (Wildman–Crippen LogP) is 9.08. The maximum atomic E-state index is 10.9. The van der Waals surface area contributed by atoms with Gasteiger partial charge in [0.15, 0.2) is 0 Å². The van der Waals surface area contributed by atoms with Crippen molar-refractivity contribution >= 4 is 0 Å². The first-order chi connectivity index (χ1) is 13.7. The molecule has 0 aromatic carbocycles. The average molecular weight is 429 g/mol. The van der Waals surface area contributed by atoms with Crippen LogP contribution in [0.15, 0.2) is 47.0 Å². The largest absolute Gasteiger partial charge is 0.508 e. The van der Waals surface area contributed by atoms with Crippen LogP contribution in [0.1, 0.15) is 102 Å². The summed E-state index contributed by atoms with van der Waals surface area (Å²) in [7, 11) is 0. The maximum Gasteiger partial charge on any atom is 0.114 e. The zero-order valence-corrected chi connectivity index (χ0v) is 22.3. The molecule has 0 fully saturated rings. The zero-order valence-electron chi connectivity index (χ0n) is 22.3. The van der Waals surface area contributed by atoms with Gasteiger partial charge in [-0.05, 0) is 64.2 Å². The SMILES string of the molecule is CC(C)(C)C1(C(C)(C)C)C=CC(O)=C(CC2=C(O)C=CC(C(C)(C)C)(C(C)(C)C)C2)C1. The molecule has 31 heavy (non-hydrogen) atoms. The fourth-order valence-electron chi connectivity index (χ4n) is 6.52. The monoisotopic (exact) mass is 428 g/mol. The van der Waals surface area contributed by atoms with Gasteiger partial charge in [-0.25, -0.2) is 0 Å². The Morgan fingerprint density at radius 1 is 0.581 bits per heavy atom. The molecular formula is C29H48O2. The number of allylic oxidation sites excluding steroid dienone is 6. The van der Waals surface area contributed by atoms with Gasteiger partial charge in [0.05, 0.1) is 0 Å². The number of aliphatic hydroxyl groups is 2. The van der Waals surface area contributed by atoms with E-state index in [0.717, 1.165) is 24.0 Å². The predicted molar refractivity (Wildman–Crippen MR) is 134 cm³/mol. The summed E-state index contributed by atoms with van der Waals surface area (Å²) in [6, 6.07) is 0. The van der Waals surface area contributed by atoms with Gasteiger partial charge < -0.3 is 10.2 Å². The van der Waals surface area contributed by atoms with Crippen molar-refractivity contribution in [1.82, 2.24) is 0 Å². The van der Waals surface area contributed by atoms with E-state index in [-0.39, 0.29) is 32.5 Å². The lowest BCUT2D eigenvalue weighted by Crippen LogP contribution is -2.47. The highest BCUT2D eigenvalue weighted by molar-refractivity contribution is 5.39. The van der Waals surface area contributed by atoms with Crippen molar-refractivity contribution in [3.63, 3.8) is 0 Å². The highest BCUT2D eigenvalue weighted by atomic mass is 16.3. The quantitative estimate of drug-likeness (QED) is 0.460. The van der Waals surface area contributed by atoms with Gasteiger partial charge in [-0.3, -0.25) is 0 Å². The number of hydrogen-bond donors (Lipinski definition) is 2. The minimum Gasteiger partial charge on any atom is -0.508 e. The maximum absolute atomic E-state index is 10.9. The average Bonchev–Trinajstić information content (AvgIpc) is 2.54. The Labute approximate surface area is 192 Å². The van der Waals surface area contributed by atoms with Crippen LogP contribution in [-0.4, -0.2) is 10.2 Å². The molecule has 0 aromatic heterocycles. The van der Waals surface area contributed by atoms with Crippen LogP contribution >= 0.6 is 0 Å². The summed E-state index contributed by atoms with van der Waals surface area (Å²) in [5, 5.41) is 21.7. The van der Waals surface area contributed by atoms with Crippen molar-refractivity contribution in [2.24, 2.45) is 32.5 Å². The molecule has 0 unspecified atom stereocenters. The minimum atomic E-state index is -0.0760. The second-order valence-electron chi connectivity index (χ2n) is 14.1. The summed E-state index contributed by atoms with van der Waals surface area (Å²) in [5.41, 5.74) is 2.09. The van der Waals surface area contributed by atoms with Gasteiger partial charge in [-0.2, -0.15) is 0 Å². The van der Waals surface area contributed by atoms with Crippen molar-refractivity contribution in [1.29, 1.82) is 0 Å². The van der Waals surface area contributed by atoms with Crippen LogP contribution < -0.4 is 0 Å². The van der Waals surface area contributed by atoms with E-state index in [2.05, 4.69) is 95.2 Å². The Morgan fingerprint density at radius 3 is 1.06 bits per heavy atom. The topological polar surface area (TPSA) is 40.5 Å². The Morgan fingerprint density at radius 2 is 0.839 bits per heavy atom. The summed E-state index contributed by atoms with van der Waals surface area (Å²) < 4.78 is 0. The molecule has 2 nitrogen and oxygen atoms in total. The van der Waals surface area contributed by atoms with Gasteiger partial charge >= 0.3 is 0 Å².